The Morgan fingerprint density at radius 1 is 1.00 bits per heavy atom. The summed E-state index contributed by atoms with van der Waals surface area (Å²) in [5.41, 5.74) is 2.98. The van der Waals surface area contributed by atoms with Crippen molar-refractivity contribution in [2.75, 3.05) is 0 Å². The van der Waals surface area contributed by atoms with Crippen molar-refractivity contribution in [3.63, 3.8) is 0 Å². The Labute approximate surface area is 163 Å². The first-order valence-corrected chi connectivity index (χ1v) is 9.73. The van der Waals surface area contributed by atoms with E-state index in [0.717, 1.165) is 26.4 Å². The smallest absolute Gasteiger partial charge is 0.247 e. The van der Waals surface area contributed by atoms with E-state index in [0.29, 0.717) is 11.8 Å². The highest BCUT2D eigenvalue weighted by Crippen LogP contribution is 2.34. The molecule has 0 radical (unpaired) electrons. The molecule has 130 valence electrons. The van der Waals surface area contributed by atoms with Gasteiger partial charge in [-0.25, -0.2) is 4.98 Å². The summed E-state index contributed by atoms with van der Waals surface area (Å²) in [4.78, 5) is 7.79. The molecule has 0 spiro atoms. The van der Waals surface area contributed by atoms with Crippen LogP contribution >= 0.6 is 27.7 Å². The van der Waals surface area contributed by atoms with Crippen molar-refractivity contribution in [3.05, 3.63) is 71.2 Å². The second-order valence-corrected chi connectivity index (χ2v) is 7.93. The Morgan fingerprint density at radius 2 is 1.77 bits per heavy atom. The van der Waals surface area contributed by atoms with Crippen LogP contribution in [-0.4, -0.2) is 20.2 Å². The Hall–Kier alpha value is -2.38. The number of imidazole rings is 1. The van der Waals surface area contributed by atoms with Gasteiger partial charge in [0.15, 0.2) is 5.16 Å². The first-order chi connectivity index (χ1) is 12.7. The lowest BCUT2D eigenvalue weighted by Gasteiger charge is -2.03. The highest BCUT2D eigenvalue weighted by Gasteiger charge is 2.18. The Morgan fingerprint density at radius 3 is 2.54 bits per heavy atom. The van der Waals surface area contributed by atoms with Gasteiger partial charge in [0.1, 0.15) is 0 Å². The van der Waals surface area contributed by atoms with Crippen LogP contribution in [0.3, 0.4) is 0 Å². The van der Waals surface area contributed by atoms with E-state index in [9.17, 15) is 0 Å². The lowest BCUT2D eigenvalue weighted by molar-refractivity contribution is 0.509. The van der Waals surface area contributed by atoms with E-state index in [-0.39, 0.29) is 5.25 Å². The fraction of sp³-hybridized carbons (Fsp3) is 0.105. The number of hydrogen-bond donors (Lipinski definition) is 1. The molecule has 0 saturated carbocycles. The minimum absolute atomic E-state index is 0.0103. The number of hydrogen-bond acceptors (Lipinski definition) is 5. The predicted molar refractivity (Wildman–Crippen MR) is 106 cm³/mol. The molecule has 2 aromatic heterocycles. The number of benzene rings is 2. The molecule has 0 fully saturated rings. The molecule has 2 heterocycles. The van der Waals surface area contributed by atoms with E-state index in [1.807, 2.05) is 67.7 Å². The van der Waals surface area contributed by atoms with Gasteiger partial charge < -0.3 is 9.40 Å². The van der Waals surface area contributed by atoms with Gasteiger partial charge >= 0.3 is 0 Å². The van der Waals surface area contributed by atoms with Gasteiger partial charge in [-0.05, 0) is 36.8 Å². The van der Waals surface area contributed by atoms with Crippen LogP contribution in [0, 0.1) is 0 Å². The zero-order chi connectivity index (χ0) is 17.9. The fourth-order valence-corrected chi connectivity index (χ4v) is 3.53. The van der Waals surface area contributed by atoms with Crippen LogP contribution in [0.15, 0.2) is 74.8 Å². The second-order valence-electron chi connectivity index (χ2n) is 5.68. The molecule has 7 heteroatoms. The second kappa shape index (κ2) is 7.47. The molecule has 2 aromatic carbocycles. The topological polar surface area (TPSA) is 67.6 Å². The fourth-order valence-electron chi connectivity index (χ4n) is 2.45. The molecule has 0 amide bonds. The van der Waals surface area contributed by atoms with Crippen LogP contribution in [0.4, 0.5) is 0 Å². The minimum Gasteiger partial charge on any atom is -0.419 e. The van der Waals surface area contributed by atoms with Crippen LogP contribution in [-0.2, 0) is 0 Å². The lowest BCUT2D eigenvalue weighted by Crippen LogP contribution is -1.89. The van der Waals surface area contributed by atoms with Gasteiger partial charge in [0.05, 0.1) is 17.1 Å². The summed E-state index contributed by atoms with van der Waals surface area (Å²) in [5.74, 6) is 1.11. The zero-order valence-electron chi connectivity index (χ0n) is 13.9. The summed E-state index contributed by atoms with van der Waals surface area (Å²) in [6, 6.07) is 17.9. The highest BCUT2D eigenvalue weighted by atomic mass is 79.9. The average molecular weight is 427 g/mol. The third-order valence-electron chi connectivity index (χ3n) is 3.81. The number of H-pyrrole nitrogens is 1. The summed E-state index contributed by atoms with van der Waals surface area (Å²) in [6.45, 7) is 2.02. The van der Waals surface area contributed by atoms with Crippen molar-refractivity contribution in [1.29, 1.82) is 0 Å². The standard InChI is InChI=1S/C19H15BrN4OS/c1-12(17-23-24-18(25-17)14-5-3-2-4-6-14)26-19-21-11-16(22-19)13-7-9-15(20)10-8-13/h2-12H,1H3,(H,21,22). The molecule has 26 heavy (non-hydrogen) atoms. The van der Waals surface area contributed by atoms with Gasteiger partial charge in [-0.15, -0.1) is 10.2 Å². The van der Waals surface area contributed by atoms with Gasteiger partial charge in [0.2, 0.25) is 11.8 Å². The number of aromatic amines is 1. The van der Waals surface area contributed by atoms with E-state index in [1.165, 1.54) is 0 Å². The molecule has 0 aliphatic carbocycles. The number of nitrogens with zero attached hydrogens (tertiary/aromatic N) is 3. The molecule has 4 aromatic rings. The summed E-state index contributed by atoms with van der Waals surface area (Å²) in [7, 11) is 0. The quantitative estimate of drug-likeness (QED) is 0.411. The first-order valence-electron chi connectivity index (χ1n) is 8.05. The van der Waals surface area contributed by atoms with Crippen LogP contribution in [0.5, 0.6) is 0 Å². The van der Waals surface area contributed by atoms with E-state index in [2.05, 4.69) is 36.1 Å². The van der Waals surface area contributed by atoms with E-state index in [4.69, 9.17) is 4.42 Å². The predicted octanol–water partition coefficient (Wildman–Crippen LogP) is 5.74. The number of aromatic nitrogens is 4. The zero-order valence-corrected chi connectivity index (χ0v) is 16.3. The van der Waals surface area contributed by atoms with Crippen LogP contribution < -0.4 is 0 Å². The lowest BCUT2D eigenvalue weighted by atomic mass is 10.2. The van der Waals surface area contributed by atoms with Gasteiger partial charge in [0, 0.05) is 10.0 Å². The van der Waals surface area contributed by atoms with Crippen molar-refractivity contribution in [3.8, 4) is 22.7 Å². The van der Waals surface area contributed by atoms with Crippen LogP contribution in [0.2, 0.25) is 0 Å². The summed E-state index contributed by atoms with van der Waals surface area (Å²) in [5, 5.41) is 9.13. The van der Waals surface area contributed by atoms with Crippen LogP contribution in [0.1, 0.15) is 18.1 Å². The van der Waals surface area contributed by atoms with Gasteiger partial charge in [0.25, 0.3) is 0 Å². The van der Waals surface area contributed by atoms with Crippen molar-refractivity contribution >= 4 is 27.7 Å². The molecular weight excluding hydrogens is 412 g/mol. The molecule has 0 bridgehead atoms. The molecule has 1 atom stereocenters. The number of thioether (sulfide) groups is 1. The highest BCUT2D eigenvalue weighted by molar-refractivity contribution is 9.10. The maximum atomic E-state index is 5.82. The van der Waals surface area contributed by atoms with Crippen molar-refractivity contribution < 1.29 is 4.42 Å². The molecule has 0 aliphatic heterocycles. The third kappa shape index (κ3) is 3.73. The Bertz CT molecular complexity index is 998. The van der Waals surface area contributed by atoms with Gasteiger partial charge in [-0.2, -0.15) is 0 Å². The number of rotatable bonds is 5. The normalized spacial score (nSPS) is 12.2. The minimum atomic E-state index is -0.0103. The summed E-state index contributed by atoms with van der Waals surface area (Å²) in [6.07, 6.45) is 1.83. The van der Waals surface area contributed by atoms with E-state index in [1.54, 1.807) is 11.8 Å². The number of halogens is 1. The van der Waals surface area contributed by atoms with Crippen molar-refractivity contribution in [2.45, 2.75) is 17.3 Å². The molecule has 4 rings (SSSR count). The monoisotopic (exact) mass is 426 g/mol. The maximum Gasteiger partial charge on any atom is 0.247 e. The van der Waals surface area contributed by atoms with E-state index < -0.39 is 0 Å². The maximum absolute atomic E-state index is 5.82. The average Bonchev–Trinajstić information content (AvgIpc) is 3.33. The SMILES string of the molecule is CC(Sc1ncc(-c2ccc(Br)cc2)[nH]1)c1nnc(-c2ccccc2)o1. The van der Waals surface area contributed by atoms with Gasteiger partial charge in [-0.3, -0.25) is 0 Å². The molecule has 1 unspecified atom stereocenters. The molecule has 0 saturated heterocycles. The largest absolute Gasteiger partial charge is 0.419 e. The van der Waals surface area contributed by atoms with Crippen molar-refractivity contribution in [2.24, 2.45) is 0 Å². The Kier molecular flexibility index (Phi) is 4.90. The summed E-state index contributed by atoms with van der Waals surface area (Å²) >= 11 is 5.00. The first kappa shape index (κ1) is 17.1. The van der Waals surface area contributed by atoms with Crippen molar-refractivity contribution in [1.82, 2.24) is 20.2 Å². The van der Waals surface area contributed by atoms with Gasteiger partial charge in [-0.1, -0.05) is 58.0 Å². The Balaban J connectivity index is 1.48. The molecule has 5 nitrogen and oxygen atoms in total. The van der Waals surface area contributed by atoms with Crippen LogP contribution in [0.25, 0.3) is 22.7 Å². The molecule has 0 aliphatic rings. The number of nitrogens with one attached hydrogen (secondary N) is 1. The molecular formula is C19H15BrN4OS. The van der Waals surface area contributed by atoms with E-state index >= 15 is 0 Å². The molecule has 1 N–H and O–H groups in total. The summed E-state index contributed by atoms with van der Waals surface area (Å²) < 4.78 is 6.87. The third-order valence-corrected chi connectivity index (χ3v) is 5.32.